The maximum Gasteiger partial charge on any atom is 0.113 e. The second-order valence-corrected chi connectivity index (χ2v) is 6.56. The molecular formula is C17H27N3O3. The van der Waals surface area contributed by atoms with Crippen molar-refractivity contribution in [2.75, 3.05) is 45.9 Å². The van der Waals surface area contributed by atoms with E-state index < -0.39 is 5.60 Å². The van der Waals surface area contributed by atoms with Crippen LogP contribution in [-0.2, 0) is 16.1 Å². The fourth-order valence-electron chi connectivity index (χ4n) is 3.22. The first kappa shape index (κ1) is 16.8. The van der Waals surface area contributed by atoms with E-state index in [1.54, 1.807) is 6.20 Å². The summed E-state index contributed by atoms with van der Waals surface area (Å²) in [6, 6.07) is 5.89. The lowest BCUT2D eigenvalue weighted by Crippen LogP contribution is -2.53. The van der Waals surface area contributed by atoms with E-state index in [0.29, 0.717) is 32.9 Å². The van der Waals surface area contributed by atoms with Gasteiger partial charge in [0.1, 0.15) is 5.60 Å². The molecule has 6 nitrogen and oxygen atoms in total. The van der Waals surface area contributed by atoms with Crippen molar-refractivity contribution in [1.82, 2.24) is 15.2 Å². The molecule has 2 saturated heterocycles. The first-order chi connectivity index (χ1) is 11.2. The Morgan fingerprint density at radius 2 is 2.26 bits per heavy atom. The Labute approximate surface area is 137 Å². The summed E-state index contributed by atoms with van der Waals surface area (Å²) in [7, 11) is 0. The van der Waals surface area contributed by atoms with Gasteiger partial charge in [-0.25, -0.2) is 0 Å². The summed E-state index contributed by atoms with van der Waals surface area (Å²) in [5.41, 5.74) is 0.198. The highest BCUT2D eigenvalue weighted by atomic mass is 16.5. The molecular weight excluding hydrogens is 294 g/mol. The van der Waals surface area contributed by atoms with Gasteiger partial charge in [-0.2, -0.15) is 0 Å². The monoisotopic (exact) mass is 321 g/mol. The first-order valence-corrected chi connectivity index (χ1v) is 8.48. The summed E-state index contributed by atoms with van der Waals surface area (Å²) < 4.78 is 11.5. The Hall–Kier alpha value is -1.05. The normalized spacial score (nSPS) is 27.7. The third kappa shape index (κ3) is 5.22. The topological polar surface area (TPSA) is 66.9 Å². The van der Waals surface area contributed by atoms with E-state index >= 15 is 0 Å². The fourth-order valence-corrected chi connectivity index (χ4v) is 3.22. The van der Waals surface area contributed by atoms with Crippen molar-refractivity contribution in [3.63, 3.8) is 0 Å². The molecule has 6 heteroatoms. The number of aliphatic hydroxyl groups is 1. The molecule has 1 atom stereocenters. The molecule has 23 heavy (non-hydrogen) atoms. The number of ether oxygens (including phenoxy) is 2. The average Bonchev–Trinajstić information content (AvgIpc) is 2.80. The SMILES string of the molecule is O[C@@]1(CN2CCC(OCc3ccccn3)CC2)CNCCOC1. The summed E-state index contributed by atoms with van der Waals surface area (Å²) in [5.74, 6) is 0. The number of hydrogen-bond donors (Lipinski definition) is 2. The van der Waals surface area contributed by atoms with E-state index in [-0.39, 0.29) is 6.10 Å². The van der Waals surface area contributed by atoms with Crippen LogP contribution >= 0.6 is 0 Å². The zero-order valence-electron chi connectivity index (χ0n) is 13.6. The van der Waals surface area contributed by atoms with Crippen molar-refractivity contribution >= 4 is 0 Å². The highest BCUT2D eigenvalue weighted by Crippen LogP contribution is 2.18. The highest BCUT2D eigenvalue weighted by molar-refractivity contribution is 5.02. The van der Waals surface area contributed by atoms with Gasteiger partial charge in [-0.05, 0) is 25.0 Å². The zero-order chi connectivity index (χ0) is 16.0. The standard InChI is InChI=1S/C17H27N3O3/c21-17(12-18-7-10-22-14-17)13-20-8-4-16(5-9-20)23-11-15-3-1-2-6-19-15/h1-3,6,16,18,21H,4-5,7-14H2/t17-/m1/s1. The van der Waals surface area contributed by atoms with Gasteiger partial charge in [0.15, 0.2) is 0 Å². The number of β-amino-alcohol motifs (C(OH)–C–C–N with tert-alkyl or cyclic N) is 1. The van der Waals surface area contributed by atoms with Gasteiger partial charge < -0.3 is 24.8 Å². The average molecular weight is 321 g/mol. The Balaban J connectivity index is 1.39. The Morgan fingerprint density at radius 3 is 3.04 bits per heavy atom. The van der Waals surface area contributed by atoms with Crippen LogP contribution < -0.4 is 5.32 Å². The minimum atomic E-state index is -0.780. The van der Waals surface area contributed by atoms with E-state index in [2.05, 4.69) is 15.2 Å². The molecule has 0 spiro atoms. The lowest BCUT2D eigenvalue weighted by molar-refractivity contribution is -0.0644. The number of likely N-dealkylation sites (tertiary alicyclic amines) is 1. The number of rotatable bonds is 5. The number of aromatic nitrogens is 1. The van der Waals surface area contributed by atoms with Crippen LogP contribution in [0.5, 0.6) is 0 Å². The van der Waals surface area contributed by atoms with Crippen molar-refractivity contribution in [2.45, 2.75) is 31.2 Å². The molecule has 0 radical (unpaired) electrons. The predicted octanol–water partition coefficient (Wildman–Crippen LogP) is 0.414. The van der Waals surface area contributed by atoms with Crippen LogP contribution in [0.15, 0.2) is 24.4 Å². The Kier molecular flexibility index (Phi) is 5.96. The lowest BCUT2D eigenvalue weighted by Gasteiger charge is -2.37. The highest BCUT2D eigenvalue weighted by Gasteiger charge is 2.32. The number of nitrogens with one attached hydrogen (secondary N) is 1. The van der Waals surface area contributed by atoms with Gasteiger partial charge in [-0.15, -0.1) is 0 Å². The molecule has 2 N–H and O–H groups in total. The van der Waals surface area contributed by atoms with Crippen LogP contribution in [0.25, 0.3) is 0 Å². The molecule has 0 saturated carbocycles. The van der Waals surface area contributed by atoms with E-state index in [1.807, 2.05) is 18.2 Å². The first-order valence-electron chi connectivity index (χ1n) is 8.48. The van der Waals surface area contributed by atoms with E-state index in [4.69, 9.17) is 9.47 Å². The van der Waals surface area contributed by atoms with Crippen molar-refractivity contribution < 1.29 is 14.6 Å². The molecule has 128 valence electrons. The molecule has 3 heterocycles. The summed E-state index contributed by atoms with van der Waals surface area (Å²) >= 11 is 0. The van der Waals surface area contributed by atoms with Gasteiger partial charge in [-0.1, -0.05) is 6.07 Å². The van der Waals surface area contributed by atoms with Crippen LogP contribution in [0.1, 0.15) is 18.5 Å². The van der Waals surface area contributed by atoms with Crippen LogP contribution in [0.2, 0.25) is 0 Å². The maximum absolute atomic E-state index is 10.7. The van der Waals surface area contributed by atoms with Crippen molar-refractivity contribution in [1.29, 1.82) is 0 Å². The van der Waals surface area contributed by atoms with Gasteiger partial charge >= 0.3 is 0 Å². The molecule has 0 aromatic carbocycles. The second-order valence-electron chi connectivity index (χ2n) is 6.56. The van der Waals surface area contributed by atoms with Crippen LogP contribution in [0.4, 0.5) is 0 Å². The van der Waals surface area contributed by atoms with Crippen molar-refractivity contribution in [3.8, 4) is 0 Å². The lowest BCUT2D eigenvalue weighted by atomic mass is 10.0. The zero-order valence-corrected chi connectivity index (χ0v) is 13.6. The molecule has 2 aliphatic heterocycles. The van der Waals surface area contributed by atoms with Crippen LogP contribution in [0.3, 0.4) is 0 Å². The Bertz CT molecular complexity index is 455. The summed E-state index contributed by atoms with van der Waals surface area (Å²) in [6.45, 7) is 5.64. The smallest absolute Gasteiger partial charge is 0.113 e. The van der Waals surface area contributed by atoms with E-state index in [9.17, 15) is 5.11 Å². The minimum Gasteiger partial charge on any atom is -0.385 e. The summed E-state index contributed by atoms with van der Waals surface area (Å²) in [4.78, 5) is 6.60. The number of pyridine rings is 1. The van der Waals surface area contributed by atoms with E-state index in [0.717, 1.165) is 38.2 Å². The molecule has 0 bridgehead atoms. The molecule has 1 aromatic heterocycles. The molecule has 0 amide bonds. The van der Waals surface area contributed by atoms with Crippen molar-refractivity contribution in [3.05, 3.63) is 30.1 Å². The van der Waals surface area contributed by atoms with Crippen LogP contribution in [-0.4, -0.2) is 72.6 Å². The van der Waals surface area contributed by atoms with Crippen LogP contribution in [0, 0.1) is 0 Å². The van der Waals surface area contributed by atoms with Gasteiger partial charge in [0.2, 0.25) is 0 Å². The largest absolute Gasteiger partial charge is 0.385 e. The molecule has 3 rings (SSSR count). The minimum absolute atomic E-state index is 0.284. The van der Waals surface area contributed by atoms with Gasteiger partial charge in [0.25, 0.3) is 0 Å². The molecule has 0 aliphatic carbocycles. The second kappa shape index (κ2) is 8.17. The van der Waals surface area contributed by atoms with Crippen molar-refractivity contribution in [2.24, 2.45) is 0 Å². The maximum atomic E-state index is 10.7. The van der Waals surface area contributed by atoms with Gasteiger partial charge in [-0.3, -0.25) is 4.98 Å². The number of hydrogen-bond acceptors (Lipinski definition) is 6. The quantitative estimate of drug-likeness (QED) is 0.819. The molecule has 2 aliphatic rings. The predicted molar refractivity (Wildman–Crippen MR) is 87.1 cm³/mol. The molecule has 2 fully saturated rings. The number of nitrogens with zero attached hydrogens (tertiary/aromatic N) is 2. The van der Waals surface area contributed by atoms with E-state index in [1.165, 1.54) is 0 Å². The summed E-state index contributed by atoms with van der Waals surface area (Å²) in [5, 5.41) is 13.9. The Morgan fingerprint density at radius 1 is 1.39 bits per heavy atom. The molecule has 1 aromatic rings. The van der Waals surface area contributed by atoms with Gasteiger partial charge in [0, 0.05) is 38.9 Å². The molecule has 0 unspecified atom stereocenters. The van der Waals surface area contributed by atoms with Gasteiger partial charge in [0.05, 0.1) is 31.6 Å². The fraction of sp³-hybridized carbons (Fsp3) is 0.706. The summed E-state index contributed by atoms with van der Waals surface area (Å²) in [6.07, 6.45) is 4.07. The third-order valence-electron chi connectivity index (χ3n) is 4.49. The number of piperidine rings is 1. The third-order valence-corrected chi connectivity index (χ3v) is 4.49.